The van der Waals surface area contributed by atoms with E-state index in [1.807, 2.05) is 31.2 Å². The molecule has 0 amide bonds. The fourth-order valence-corrected chi connectivity index (χ4v) is 4.00. The summed E-state index contributed by atoms with van der Waals surface area (Å²) >= 11 is 0. The highest BCUT2D eigenvalue weighted by atomic mass is 16.5. The normalized spacial score (nSPS) is 22.7. The van der Waals surface area contributed by atoms with Crippen LogP contribution in [0.1, 0.15) is 30.9 Å². The Morgan fingerprint density at radius 1 is 1.12 bits per heavy atom. The molecule has 0 N–H and O–H groups in total. The van der Waals surface area contributed by atoms with Crippen LogP contribution in [0.2, 0.25) is 0 Å². The molecule has 2 atom stereocenters. The Balaban J connectivity index is 2.17. The summed E-state index contributed by atoms with van der Waals surface area (Å²) in [6, 6.07) is 12.2. The van der Waals surface area contributed by atoms with Crippen molar-refractivity contribution in [1.29, 1.82) is 0 Å². The number of methoxy groups -OCH3 is 2. The van der Waals surface area contributed by atoms with Gasteiger partial charge in [-0.2, -0.15) is 0 Å². The first-order chi connectivity index (χ1) is 11.5. The van der Waals surface area contributed by atoms with Crippen LogP contribution in [-0.4, -0.2) is 26.2 Å². The number of carbonyl (C=O) groups excluding carboxylic acids is 2. The topological polar surface area (TPSA) is 52.6 Å². The third kappa shape index (κ3) is 2.46. The molecular formula is C20H22O4. The summed E-state index contributed by atoms with van der Waals surface area (Å²) in [5.74, 6) is -0.724. The van der Waals surface area contributed by atoms with Crippen molar-refractivity contribution in [2.75, 3.05) is 14.2 Å². The van der Waals surface area contributed by atoms with E-state index < -0.39 is 5.41 Å². The summed E-state index contributed by atoms with van der Waals surface area (Å²) < 4.78 is 9.94. The number of fused-ring (bicyclic) bond motifs is 3. The zero-order chi connectivity index (χ0) is 17.3. The maximum Gasteiger partial charge on any atom is 0.316 e. The number of carbonyl (C=O) groups is 2. The smallest absolute Gasteiger partial charge is 0.316 e. The second-order valence-electron chi connectivity index (χ2n) is 6.52. The Labute approximate surface area is 141 Å². The van der Waals surface area contributed by atoms with Crippen LogP contribution in [0.15, 0.2) is 36.4 Å². The lowest BCUT2D eigenvalue weighted by atomic mass is 9.62. The zero-order valence-electron chi connectivity index (χ0n) is 14.3. The molecule has 2 aromatic carbocycles. The highest BCUT2D eigenvalue weighted by Gasteiger charge is 2.48. The van der Waals surface area contributed by atoms with E-state index in [0.29, 0.717) is 0 Å². The van der Waals surface area contributed by atoms with Gasteiger partial charge in [-0.15, -0.1) is 0 Å². The summed E-state index contributed by atoms with van der Waals surface area (Å²) in [6.07, 6.45) is 1.81. The zero-order valence-corrected chi connectivity index (χ0v) is 14.3. The number of rotatable bonds is 3. The lowest BCUT2D eigenvalue weighted by molar-refractivity contribution is -0.151. The lowest BCUT2D eigenvalue weighted by Crippen LogP contribution is -2.45. The van der Waals surface area contributed by atoms with E-state index in [1.165, 1.54) is 25.2 Å². The van der Waals surface area contributed by atoms with Crippen molar-refractivity contribution in [3.8, 4) is 0 Å². The van der Waals surface area contributed by atoms with E-state index in [9.17, 15) is 9.59 Å². The largest absolute Gasteiger partial charge is 0.469 e. The summed E-state index contributed by atoms with van der Waals surface area (Å²) in [5, 5.41) is 2.33. The fraction of sp³-hybridized carbons (Fsp3) is 0.400. The van der Waals surface area contributed by atoms with Crippen molar-refractivity contribution in [1.82, 2.24) is 0 Å². The molecule has 0 radical (unpaired) electrons. The van der Waals surface area contributed by atoms with Gasteiger partial charge in [0.05, 0.1) is 19.6 Å². The molecule has 2 aromatic rings. The number of aryl methyl sites for hydroxylation is 1. The monoisotopic (exact) mass is 326 g/mol. The van der Waals surface area contributed by atoms with Gasteiger partial charge in [0.15, 0.2) is 0 Å². The van der Waals surface area contributed by atoms with Gasteiger partial charge >= 0.3 is 11.9 Å². The van der Waals surface area contributed by atoms with E-state index in [1.54, 1.807) is 0 Å². The molecule has 0 spiro atoms. The molecule has 126 valence electrons. The molecule has 4 nitrogen and oxygen atoms in total. The van der Waals surface area contributed by atoms with Gasteiger partial charge < -0.3 is 9.47 Å². The van der Waals surface area contributed by atoms with Crippen LogP contribution in [0.5, 0.6) is 0 Å². The van der Waals surface area contributed by atoms with Crippen LogP contribution in [0.25, 0.3) is 10.8 Å². The predicted octanol–water partition coefficient (Wildman–Crippen LogP) is 3.40. The molecule has 2 unspecified atom stereocenters. The molecule has 4 heteroatoms. The van der Waals surface area contributed by atoms with E-state index in [0.717, 1.165) is 23.8 Å². The summed E-state index contributed by atoms with van der Waals surface area (Å²) in [6.45, 7) is 1.89. The Morgan fingerprint density at radius 2 is 1.88 bits per heavy atom. The molecule has 3 rings (SSSR count). The van der Waals surface area contributed by atoms with Crippen LogP contribution in [0.3, 0.4) is 0 Å². The first-order valence-electron chi connectivity index (χ1n) is 8.18. The number of hydrogen-bond donors (Lipinski definition) is 0. The first-order valence-corrected chi connectivity index (χ1v) is 8.18. The van der Waals surface area contributed by atoms with E-state index >= 15 is 0 Å². The van der Waals surface area contributed by atoms with Gasteiger partial charge in [-0.3, -0.25) is 9.59 Å². The van der Waals surface area contributed by atoms with Gasteiger partial charge in [-0.25, -0.2) is 0 Å². The summed E-state index contributed by atoms with van der Waals surface area (Å²) in [7, 11) is 2.78. The Morgan fingerprint density at radius 3 is 2.58 bits per heavy atom. The Kier molecular flexibility index (Phi) is 4.31. The molecular weight excluding hydrogens is 304 g/mol. The maximum atomic E-state index is 12.7. The Bertz CT molecular complexity index is 795. The molecule has 0 saturated carbocycles. The second-order valence-corrected chi connectivity index (χ2v) is 6.52. The Hall–Kier alpha value is -2.36. The average molecular weight is 326 g/mol. The van der Waals surface area contributed by atoms with Crippen LogP contribution >= 0.6 is 0 Å². The lowest BCUT2D eigenvalue weighted by Gasteiger charge is -2.40. The van der Waals surface area contributed by atoms with Gasteiger partial charge in [-0.1, -0.05) is 36.4 Å². The quantitative estimate of drug-likeness (QED) is 0.811. The molecule has 1 aliphatic rings. The highest BCUT2D eigenvalue weighted by molar-refractivity contribution is 5.92. The molecule has 0 fully saturated rings. The van der Waals surface area contributed by atoms with E-state index in [2.05, 4.69) is 12.1 Å². The molecule has 0 heterocycles. The van der Waals surface area contributed by atoms with Crippen molar-refractivity contribution < 1.29 is 19.1 Å². The van der Waals surface area contributed by atoms with Gasteiger partial charge in [-0.05, 0) is 47.6 Å². The van der Waals surface area contributed by atoms with Crippen LogP contribution in [0, 0.1) is 5.92 Å². The van der Waals surface area contributed by atoms with Crippen LogP contribution in [0.4, 0.5) is 0 Å². The van der Waals surface area contributed by atoms with Crippen molar-refractivity contribution in [3.63, 3.8) is 0 Å². The van der Waals surface area contributed by atoms with Crippen molar-refractivity contribution in [2.24, 2.45) is 5.92 Å². The van der Waals surface area contributed by atoms with Crippen molar-refractivity contribution in [2.45, 2.75) is 31.6 Å². The molecule has 0 bridgehead atoms. The van der Waals surface area contributed by atoms with Crippen LogP contribution in [-0.2, 0) is 30.9 Å². The molecule has 1 aliphatic carbocycles. The number of ether oxygens (including phenoxy) is 2. The summed E-state index contributed by atoms with van der Waals surface area (Å²) in [5.41, 5.74) is 1.30. The minimum atomic E-state index is -0.847. The third-order valence-corrected chi connectivity index (χ3v) is 5.41. The van der Waals surface area contributed by atoms with E-state index in [-0.39, 0.29) is 24.3 Å². The van der Waals surface area contributed by atoms with Gasteiger partial charge in [0.2, 0.25) is 0 Å². The first kappa shape index (κ1) is 16.5. The van der Waals surface area contributed by atoms with E-state index in [4.69, 9.17) is 9.47 Å². The maximum absolute atomic E-state index is 12.7. The molecule has 24 heavy (non-hydrogen) atoms. The fourth-order valence-electron chi connectivity index (χ4n) is 4.00. The number of hydrogen-bond acceptors (Lipinski definition) is 4. The van der Waals surface area contributed by atoms with Crippen molar-refractivity contribution in [3.05, 3.63) is 47.5 Å². The predicted molar refractivity (Wildman–Crippen MR) is 91.8 cm³/mol. The van der Waals surface area contributed by atoms with Gasteiger partial charge in [0.25, 0.3) is 0 Å². The molecule has 0 aliphatic heterocycles. The number of benzene rings is 2. The standard InChI is InChI=1S/C20H22O4/c1-20(19(22)24-3)14(12-18(21)23-2)9-10-16-15-7-5-4-6-13(15)8-11-17(16)20/h4-8,11,14H,9-10,12H2,1-3H3. The molecule has 0 aromatic heterocycles. The minimum absolute atomic E-state index is 0.133. The third-order valence-electron chi connectivity index (χ3n) is 5.41. The van der Waals surface area contributed by atoms with Crippen LogP contribution < -0.4 is 0 Å². The summed E-state index contributed by atoms with van der Waals surface area (Å²) in [4.78, 5) is 24.5. The van der Waals surface area contributed by atoms with Crippen molar-refractivity contribution >= 4 is 22.7 Å². The van der Waals surface area contributed by atoms with Gasteiger partial charge in [0, 0.05) is 6.42 Å². The minimum Gasteiger partial charge on any atom is -0.469 e. The second kappa shape index (κ2) is 6.27. The number of esters is 2. The average Bonchev–Trinajstić information content (AvgIpc) is 2.62. The SMILES string of the molecule is COC(=O)CC1CCc2c(ccc3ccccc23)C1(C)C(=O)OC. The molecule has 0 saturated heterocycles. The highest BCUT2D eigenvalue weighted by Crippen LogP contribution is 2.46. The van der Waals surface area contributed by atoms with Gasteiger partial charge in [0.1, 0.15) is 0 Å².